The van der Waals surface area contributed by atoms with Gasteiger partial charge in [0.2, 0.25) is 0 Å². The van der Waals surface area contributed by atoms with Crippen LogP contribution < -0.4 is 10.5 Å². The van der Waals surface area contributed by atoms with E-state index in [0.29, 0.717) is 37.4 Å². The number of anilines is 1. The number of hydrogen-bond acceptors (Lipinski definition) is 4. The summed E-state index contributed by atoms with van der Waals surface area (Å²) >= 11 is 6.04. The minimum atomic E-state index is -0.399. The van der Waals surface area contributed by atoms with Gasteiger partial charge in [0.25, 0.3) is 11.5 Å². The third-order valence-corrected chi connectivity index (χ3v) is 4.66. The van der Waals surface area contributed by atoms with Crippen molar-refractivity contribution in [2.24, 2.45) is 0 Å². The number of nitrogens with zero attached hydrogens (tertiary/aromatic N) is 3. The molecule has 0 bridgehead atoms. The maximum absolute atomic E-state index is 12.6. The van der Waals surface area contributed by atoms with Crippen molar-refractivity contribution < 1.29 is 4.79 Å². The lowest BCUT2D eigenvalue weighted by molar-refractivity contribution is 0.0747. The topological polar surface area (TPSA) is 69.3 Å². The molecule has 0 unspecified atom stereocenters. The van der Waals surface area contributed by atoms with E-state index in [2.05, 4.69) is 17.1 Å². The third kappa shape index (κ3) is 3.28. The molecule has 2 aromatic rings. The first-order valence-electron chi connectivity index (χ1n) is 7.96. The van der Waals surface area contributed by atoms with Gasteiger partial charge in [0.1, 0.15) is 5.02 Å². The molecule has 1 N–H and O–H groups in total. The van der Waals surface area contributed by atoms with Gasteiger partial charge in [0.05, 0.1) is 11.9 Å². The second kappa shape index (κ2) is 7.05. The first-order chi connectivity index (χ1) is 11.6. The first kappa shape index (κ1) is 16.5. The van der Waals surface area contributed by atoms with E-state index >= 15 is 0 Å². The molecule has 0 saturated carbocycles. The fraction of sp³-hybridized carbons (Fsp3) is 0.353. The molecule has 0 spiro atoms. The average Bonchev–Trinajstić information content (AvgIpc) is 2.64. The van der Waals surface area contributed by atoms with Gasteiger partial charge in [-0.05, 0) is 24.1 Å². The number of rotatable bonds is 3. The van der Waals surface area contributed by atoms with Gasteiger partial charge in [-0.25, -0.2) is 5.10 Å². The number of carbonyl (C=O) groups is 1. The van der Waals surface area contributed by atoms with Gasteiger partial charge in [0.15, 0.2) is 0 Å². The minimum absolute atomic E-state index is 0.0347. The highest BCUT2D eigenvalue weighted by molar-refractivity contribution is 6.33. The number of hydrogen-bond donors (Lipinski definition) is 1. The number of H-pyrrole nitrogens is 1. The van der Waals surface area contributed by atoms with Crippen molar-refractivity contribution in [1.29, 1.82) is 0 Å². The quantitative estimate of drug-likeness (QED) is 0.922. The second-order valence-corrected chi connectivity index (χ2v) is 6.11. The molecule has 7 heteroatoms. The van der Waals surface area contributed by atoms with Crippen LogP contribution in [0.5, 0.6) is 0 Å². The number of carbonyl (C=O) groups excluding carboxylic acids is 1. The lowest BCUT2D eigenvalue weighted by Crippen LogP contribution is -2.49. The molecule has 1 aliphatic heterocycles. The van der Waals surface area contributed by atoms with Crippen LogP contribution in [-0.2, 0) is 6.42 Å². The summed E-state index contributed by atoms with van der Waals surface area (Å²) in [4.78, 5) is 27.9. The van der Waals surface area contributed by atoms with Crippen molar-refractivity contribution in [3.8, 4) is 0 Å². The average molecular weight is 347 g/mol. The molecule has 1 saturated heterocycles. The smallest absolute Gasteiger partial charge is 0.285 e. The van der Waals surface area contributed by atoms with Crippen molar-refractivity contribution in [2.75, 3.05) is 31.1 Å². The van der Waals surface area contributed by atoms with Crippen LogP contribution in [0.15, 0.2) is 35.3 Å². The SMILES string of the molecule is CCc1ccc(C(=O)N2CCN(c3cn[nH]c(=O)c3Cl)CC2)cc1. The molecule has 1 aromatic heterocycles. The van der Waals surface area contributed by atoms with Gasteiger partial charge in [-0.15, -0.1) is 0 Å². The van der Waals surface area contributed by atoms with Crippen LogP contribution in [-0.4, -0.2) is 47.2 Å². The normalized spacial score (nSPS) is 14.8. The van der Waals surface area contributed by atoms with Crippen molar-refractivity contribution in [1.82, 2.24) is 15.1 Å². The molecule has 3 rings (SSSR count). The van der Waals surface area contributed by atoms with Crippen LogP contribution in [0.4, 0.5) is 5.69 Å². The molecule has 0 atom stereocenters. The molecule has 126 valence electrons. The highest BCUT2D eigenvalue weighted by Crippen LogP contribution is 2.22. The first-order valence-corrected chi connectivity index (χ1v) is 8.34. The van der Waals surface area contributed by atoms with E-state index in [1.165, 1.54) is 5.56 Å². The highest BCUT2D eigenvalue weighted by Gasteiger charge is 2.24. The molecule has 1 aromatic carbocycles. The Morgan fingerprint density at radius 1 is 1.21 bits per heavy atom. The van der Waals surface area contributed by atoms with E-state index in [1.807, 2.05) is 34.1 Å². The summed E-state index contributed by atoms with van der Waals surface area (Å²) in [5.74, 6) is 0.0347. The molecule has 24 heavy (non-hydrogen) atoms. The zero-order chi connectivity index (χ0) is 17.1. The predicted molar refractivity (Wildman–Crippen MR) is 93.8 cm³/mol. The fourth-order valence-electron chi connectivity index (χ4n) is 2.81. The lowest BCUT2D eigenvalue weighted by atomic mass is 10.1. The standard InChI is InChI=1S/C17H19ClN4O2/c1-2-12-3-5-13(6-4-12)17(24)22-9-7-21(8-10-22)14-11-19-20-16(23)15(14)18/h3-6,11H,2,7-10H2,1H3,(H,20,23). The zero-order valence-corrected chi connectivity index (χ0v) is 14.2. The third-order valence-electron chi connectivity index (χ3n) is 4.29. The van der Waals surface area contributed by atoms with Crippen LogP contribution in [0, 0.1) is 0 Å². The second-order valence-electron chi connectivity index (χ2n) is 5.73. The summed E-state index contributed by atoms with van der Waals surface area (Å²) in [5.41, 5.74) is 2.13. The Morgan fingerprint density at radius 2 is 1.88 bits per heavy atom. The number of benzene rings is 1. The monoisotopic (exact) mass is 346 g/mol. The summed E-state index contributed by atoms with van der Waals surface area (Å²) in [6.45, 7) is 4.48. The zero-order valence-electron chi connectivity index (χ0n) is 13.5. The molecule has 1 amide bonds. The number of halogens is 1. The molecule has 6 nitrogen and oxygen atoms in total. The maximum atomic E-state index is 12.6. The number of nitrogens with one attached hydrogen (secondary N) is 1. The van der Waals surface area contributed by atoms with Crippen molar-refractivity contribution in [2.45, 2.75) is 13.3 Å². The number of aryl methyl sites for hydroxylation is 1. The van der Waals surface area contributed by atoms with Crippen LogP contribution in [0.25, 0.3) is 0 Å². The van der Waals surface area contributed by atoms with Crippen LogP contribution in [0.2, 0.25) is 5.02 Å². The van der Waals surface area contributed by atoms with E-state index in [0.717, 1.165) is 6.42 Å². The van der Waals surface area contributed by atoms with Gasteiger partial charge in [-0.3, -0.25) is 9.59 Å². The number of amides is 1. The summed E-state index contributed by atoms with van der Waals surface area (Å²) < 4.78 is 0. The van der Waals surface area contributed by atoms with Crippen LogP contribution in [0.1, 0.15) is 22.8 Å². The Hall–Kier alpha value is -2.34. The Labute approximate surface area is 145 Å². The minimum Gasteiger partial charge on any atom is -0.365 e. The summed E-state index contributed by atoms with van der Waals surface area (Å²) in [7, 11) is 0. The van der Waals surface area contributed by atoms with E-state index in [9.17, 15) is 9.59 Å². The van der Waals surface area contributed by atoms with E-state index in [-0.39, 0.29) is 10.9 Å². The maximum Gasteiger partial charge on any atom is 0.285 e. The predicted octanol–water partition coefficient (Wildman–Crippen LogP) is 1.95. The largest absolute Gasteiger partial charge is 0.365 e. The Kier molecular flexibility index (Phi) is 4.85. The van der Waals surface area contributed by atoms with Gasteiger partial charge in [-0.2, -0.15) is 5.10 Å². The van der Waals surface area contributed by atoms with Crippen molar-refractivity contribution in [3.05, 3.63) is 57.0 Å². The van der Waals surface area contributed by atoms with Gasteiger partial charge in [-0.1, -0.05) is 30.7 Å². The molecular formula is C17H19ClN4O2. The molecule has 1 aliphatic rings. The van der Waals surface area contributed by atoms with Gasteiger partial charge in [0, 0.05) is 31.7 Å². The highest BCUT2D eigenvalue weighted by atomic mass is 35.5. The molecule has 2 heterocycles. The molecule has 0 aliphatic carbocycles. The fourth-order valence-corrected chi connectivity index (χ4v) is 3.02. The Morgan fingerprint density at radius 3 is 2.50 bits per heavy atom. The molecular weight excluding hydrogens is 328 g/mol. The number of aromatic amines is 1. The van der Waals surface area contributed by atoms with Crippen LogP contribution >= 0.6 is 11.6 Å². The lowest BCUT2D eigenvalue weighted by Gasteiger charge is -2.36. The molecule has 1 fully saturated rings. The number of piperazine rings is 1. The van der Waals surface area contributed by atoms with Gasteiger partial charge < -0.3 is 9.80 Å². The van der Waals surface area contributed by atoms with E-state index in [4.69, 9.17) is 11.6 Å². The molecule has 0 radical (unpaired) electrons. The van der Waals surface area contributed by atoms with E-state index in [1.54, 1.807) is 6.20 Å². The van der Waals surface area contributed by atoms with E-state index < -0.39 is 5.56 Å². The van der Waals surface area contributed by atoms with Gasteiger partial charge >= 0.3 is 0 Å². The Balaban J connectivity index is 1.67. The Bertz CT molecular complexity index is 780. The van der Waals surface area contributed by atoms with Crippen molar-refractivity contribution >= 4 is 23.2 Å². The summed E-state index contributed by atoms with van der Waals surface area (Å²) in [6.07, 6.45) is 2.50. The van der Waals surface area contributed by atoms with Crippen LogP contribution in [0.3, 0.4) is 0 Å². The summed E-state index contributed by atoms with van der Waals surface area (Å²) in [5, 5.41) is 6.24. The number of aromatic nitrogens is 2. The summed E-state index contributed by atoms with van der Waals surface area (Å²) in [6, 6.07) is 7.74. The van der Waals surface area contributed by atoms with Crippen molar-refractivity contribution in [3.63, 3.8) is 0 Å².